The van der Waals surface area contributed by atoms with Crippen LogP contribution in [0.4, 0.5) is 5.69 Å². The molecule has 1 saturated carbocycles. The molecule has 1 saturated heterocycles. The minimum Gasteiger partial charge on any atom is -0.370 e. The zero-order valence-corrected chi connectivity index (χ0v) is 17.1. The van der Waals surface area contributed by atoms with Gasteiger partial charge >= 0.3 is 0 Å². The van der Waals surface area contributed by atoms with Crippen molar-refractivity contribution in [3.63, 3.8) is 0 Å². The first kappa shape index (κ1) is 17.9. The minimum absolute atomic E-state index is 0.214. The number of nitrogens with zero attached hydrogens (tertiary/aromatic N) is 3. The van der Waals surface area contributed by atoms with Gasteiger partial charge in [0.2, 0.25) is 0 Å². The molecular formula is C21H26BrN3O. The maximum atomic E-state index is 12.9. The zero-order valence-electron chi connectivity index (χ0n) is 15.5. The van der Waals surface area contributed by atoms with Gasteiger partial charge in [-0.25, -0.2) is 0 Å². The van der Waals surface area contributed by atoms with Crippen LogP contribution in [-0.2, 0) is 0 Å². The first-order chi connectivity index (χ1) is 12.5. The number of piperidine rings is 1. The number of fused-ring (bicyclic) bond motifs is 1. The number of aromatic nitrogens is 1. The molecule has 4 rings (SSSR count). The Morgan fingerprint density at radius 1 is 1.23 bits per heavy atom. The molecule has 1 aromatic heterocycles. The highest BCUT2D eigenvalue weighted by atomic mass is 79.9. The van der Waals surface area contributed by atoms with Gasteiger partial charge in [-0.2, -0.15) is 0 Å². The first-order valence-electron chi connectivity index (χ1n) is 9.55. The van der Waals surface area contributed by atoms with E-state index in [-0.39, 0.29) is 11.7 Å². The van der Waals surface area contributed by atoms with Gasteiger partial charge in [0.25, 0.3) is 0 Å². The summed E-state index contributed by atoms with van der Waals surface area (Å²) < 4.78 is 1.03. The molecule has 0 unspecified atom stereocenters. The van der Waals surface area contributed by atoms with Crippen molar-refractivity contribution < 1.29 is 4.79 Å². The number of hydrogen-bond acceptors (Lipinski definition) is 4. The number of Topliss-reactive ketones (excluding diaryl/α,β-unsaturated/α-hetero) is 1. The molecule has 0 N–H and O–H groups in total. The normalized spacial score (nSPS) is 18.7. The lowest BCUT2D eigenvalue weighted by molar-refractivity contribution is 0.0968. The molecule has 2 fully saturated rings. The van der Waals surface area contributed by atoms with E-state index in [2.05, 4.69) is 50.9 Å². The Morgan fingerprint density at radius 2 is 1.96 bits per heavy atom. The van der Waals surface area contributed by atoms with Crippen molar-refractivity contribution in [1.29, 1.82) is 0 Å². The molecule has 0 amide bonds. The molecule has 4 nitrogen and oxygen atoms in total. The van der Waals surface area contributed by atoms with E-state index in [1.165, 1.54) is 12.8 Å². The van der Waals surface area contributed by atoms with Gasteiger partial charge in [0, 0.05) is 41.6 Å². The molecule has 1 aliphatic carbocycles. The fourth-order valence-corrected chi connectivity index (χ4v) is 4.45. The number of hydrogen-bond donors (Lipinski definition) is 0. The second kappa shape index (κ2) is 7.28. The molecular weight excluding hydrogens is 390 g/mol. The summed E-state index contributed by atoms with van der Waals surface area (Å²) in [6, 6.07) is 6.17. The van der Waals surface area contributed by atoms with Crippen molar-refractivity contribution in [3.05, 3.63) is 34.4 Å². The number of pyridine rings is 1. The Balaban J connectivity index is 1.71. The summed E-state index contributed by atoms with van der Waals surface area (Å²) in [4.78, 5) is 22.2. The van der Waals surface area contributed by atoms with Crippen LogP contribution < -0.4 is 4.90 Å². The molecule has 0 spiro atoms. The molecule has 2 aliphatic rings. The molecule has 5 heteroatoms. The van der Waals surface area contributed by atoms with E-state index in [0.717, 1.165) is 65.0 Å². The number of benzene rings is 1. The molecule has 0 atom stereocenters. The summed E-state index contributed by atoms with van der Waals surface area (Å²) in [5.41, 5.74) is 2.90. The minimum atomic E-state index is 0.214. The number of halogens is 1. The summed E-state index contributed by atoms with van der Waals surface area (Å²) >= 11 is 3.59. The summed E-state index contributed by atoms with van der Waals surface area (Å²) in [5.74, 6) is 1.24. The Morgan fingerprint density at radius 3 is 2.62 bits per heavy atom. The van der Waals surface area contributed by atoms with Crippen molar-refractivity contribution in [2.45, 2.75) is 25.7 Å². The second-order valence-corrected chi connectivity index (χ2v) is 8.93. The average molecular weight is 416 g/mol. The standard InChI is InChI=1S/C21H26BrN3O/c1-24(2)13-14-7-9-25(10-8-14)20-17-11-16(22)5-6-19(17)23-12-18(20)21(26)15-3-4-15/h5-6,11-12,14-15H,3-4,7-10,13H2,1-2H3. The summed E-state index contributed by atoms with van der Waals surface area (Å²) in [6.45, 7) is 3.16. The van der Waals surface area contributed by atoms with Crippen molar-refractivity contribution in [2.75, 3.05) is 38.6 Å². The van der Waals surface area contributed by atoms with Gasteiger partial charge in [-0.05, 0) is 63.9 Å². The smallest absolute Gasteiger partial charge is 0.169 e. The SMILES string of the molecule is CN(C)CC1CCN(c2c(C(=O)C3CC3)cnc3ccc(Br)cc23)CC1. The summed E-state index contributed by atoms with van der Waals surface area (Å²) in [6.07, 6.45) is 6.22. The number of carbonyl (C=O) groups excluding carboxylic acids is 1. The Kier molecular flexibility index (Phi) is 5.02. The molecule has 138 valence electrons. The van der Waals surface area contributed by atoms with Gasteiger partial charge < -0.3 is 9.80 Å². The van der Waals surface area contributed by atoms with Crippen molar-refractivity contribution in [3.8, 4) is 0 Å². The molecule has 1 aromatic carbocycles. The fraction of sp³-hybridized carbons (Fsp3) is 0.524. The lowest BCUT2D eigenvalue weighted by Gasteiger charge is -2.36. The van der Waals surface area contributed by atoms with E-state index < -0.39 is 0 Å². The van der Waals surface area contributed by atoms with Crippen LogP contribution in [0.1, 0.15) is 36.0 Å². The highest BCUT2D eigenvalue weighted by Gasteiger charge is 2.34. The highest BCUT2D eigenvalue weighted by molar-refractivity contribution is 9.10. The van der Waals surface area contributed by atoms with Gasteiger partial charge in [0.15, 0.2) is 5.78 Å². The average Bonchev–Trinajstić information content (AvgIpc) is 3.45. The van der Waals surface area contributed by atoms with E-state index >= 15 is 0 Å². The van der Waals surface area contributed by atoms with Crippen LogP contribution in [0.5, 0.6) is 0 Å². The maximum Gasteiger partial charge on any atom is 0.169 e. The van der Waals surface area contributed by atoms with Gasteiger partial charge in [-0.3, -0.25) is 9.78 Å². The molecule has 26 heavy (non-hydrogen) atoms. The Hall–Kier alpha value is -1.46. The van der Waals surface area contributed by atoms with Crippen LogP contribution in [0.25, 0.3) is 10.9 Å². The third kappa shape index (κ3) is 3.65. The lowest BCUT2D eigenvalue weighted by atomic mass is 9.94. The predicted octanol–water partition coefficient (Wildman–Crippen LogP) is 4.37. The Labute approximate surface area is 163 Å². The maximum absolute atomic E-state index is 12.9. The van der Waals surface area contributed by atoms with Crippen LogP contribution >= 0.6 is 15.9 Å². The fourth-order valence-electron chi connectivity index (χ4n) is 4.09. The first-order valence-corrected chi connectivity index (χ1v) is 10.3. The second-order valence-electron chi connectivity index (χ2n) is 8.01. The van der Waals surface area contributed by atoms with Gasteiger partial charge in [-0.15, -0.1) is 0 Å². The van der Waals surface area contributed by atoms with Crippen LogP contribution in [0.2, 0.25) is 0 Å². The van der Waals surface area contributed by atoms with E-state index in [1.807, 2.05) is 18.3 Å². The topological polar surface area (TPSA) is 36.4 Å². The van der Waals surface area contributed by atoms with Crippen LogP contribution in [0.15, 0.2) is 28.9 Å². The van der Waals surface area contributed by atoms with Crippen LogP contribution in [0, 0.1) is 11.8 Å². The van der Waals surface area contributed by atoms with E-state index in [9.17, 15) is 4.79 Å². The third-order valence-corrected chi connectivity index (χ3v) is 6.06. The number of rotatable bonds is 5. The molecule has 2 heterocycles. The van der Waals surface area contributed by atoms with Crippen molar-refractivity contribution in [2.24, 2.45) is 11.8 Å². The predicted molar refractivity (Wildman–Crippen MR) is 110 cm³/mol. The summed E-state index contributed by atoms with van der Waals surface area (Å²) in [5, 5.41) is 1.09. The Bertz CT molecular complexity index is 823. The van der Waals surface area contributed by atoms with Crippen molar-refractivity contribution >= 4 is 38.3 Å². The largest absolute Gasteiger partial charge is 0.370 e. The van der Waals surface area contributed by atoms with E-state index in [4.69, 9.17) is 0 Å². The monoisotopic (exact) mass is 415 g/mol. The van der Waals surface area contributed by atoms with Crippen molar-refractivity contribution in [1.82, 2.24) is 9.88 Å². The third-order valence-electron chi connectivity index (χ3n) is 5.57. The number of anilines is 1. The summed E-state index contributed by atoms with van der Waals surface area (Å²) in [7, 11) is 4.29. The van der Waals surface area contributed by atoms with Crippen LogP contribution in [-0.4, -0.2) is 49.4 Å². The molecule has 1 aliphatic heterocycles. The quantitative estimate of drug-likeness (QED) is 0.679. The van der Waals surface area contributed by atoms with E-state index in [1.54, 1.807) is 0 Å². The number of carbonyl (C=O) groups is 1. The van der Waals surface area contributed by atoms with Gasteiger partial charge in [0.1, 0.15) is 0 Å². The zero-order chi connectivity index (χ0) is 18.3. The highest BCUT2D eigenvalue weighted by Crippen LogP contribution is 2.39. The van der Waals surface area contributed by atoms with Crippen LogP contribution in [0.3, 0.4) is 0 Å². The molecule has 2 aromatic rings. The van der Waals surface area contributed by atoms with Gasteiger partial charge in [-0.1, -0.05) is 15.9 Å². The lowest BCUT2D eigenvalue weighted by Crippen LogP contribution is -2.38. The van der Waals surface area contributed by atoms with Gasteiger partial charge in [0.05, 0.1) is 16.8 Å². The molecule has 0 bridgehead atoms. The molecule has 0 radical (unpaired) electrons. The number of ketones is 1. The van der Waals surface area contributed by atoms with E-state index in [0.29, 0.717) is 0 Å².